The van der Waals surface area contributed by atoms with Gasteiger partial charge in [0.25, 0.3) is 5.91 Å². The number of fused-ring (bicyclic) bond motifs is 1. The number of nitrogens with one attached hydrogen (secondary N) is 1. The van der Waals surface area contributed by atoms with Crippen molar-refractivity contribution in [3.63, 3.8) is 0 Å². The summed E-state index contributed by atoms with van der Waals surface area (Å²) < 4.78 is 27.6. The Bertz CT molecular complexity index is 1560. The lowest BCUT2D eigenvalue weighted by molar-refractivity contribution is -0.0404. The second-order valence-electron chi connectivity index (χ2n) is 8.93. The van der Waals surface area contributed by atoms with E-state index in [1.54, 1.807) is 57.5 Å². The second-order valence-corrected chi connectivity index (χ2v) is 8.93. The van der Waals surface area contributed by atoms with Crippen LogP contribution in [0.15, 0.2) is 69.9 Å². The number of carbonyl (C=O) groups is 1. The topological polar surface area (TPSA) is 116 Å². The number of rotatable bonds is 7. The molecule has 0 aliphatic carbocycles. The van der Waals surface area contributed by atoms with Gasteiger partial charge in [-0.1, -0.05) is 12.1 Å². The Balaban J connectivity index is 1.41. The molecule has 1 fully saturated rings. The Labute approximate surface area is 218 Å². The van der Waals surface area contributed by atoms with Gasteiger partial charge in [0.15, 0.2) is 0 Å². The molecular formula is C29H27NO8. The summed E-state index contributed by atoms with van der Waals surface area (Å²) in [5.74, 6) is 1.27. The molecule has 9 heteroatoms. The number of hydrogen-bond acceptors (Lipinski definition) is 8. The third-order valence-corrected chi connectivity index (χ3v) is 6.39. The van der Waals surface area contributed by atoms with Crippen LogP contribution < -0.4 is 25.2 Å². The van der Waals surface area contributed by atoms with Crippen LogP contribution in [0.2, 0.25) is 0 Å². The Morgan fingerprint density at radius 2 is 1.84 bits per heavy atom. The molecule has 0 saturated carbocycles. The minimum absolute atomic E-state index is 0.0107. The molecule has 0 bridgehead atoms. The number of carbonyl (C=O) groups excluding carboxylic acids is 1. The van der Waals surface area contributed by atoms with Crippen LogP contribution in [0, 0.1) is 6.92 Å². The highest BCUT2D eigenvalue weighted by molar-refractivity contribution is 6.05. The van der Waals surface area contributed by atoms with E-state index in [2.05, 4.69) is 5.32 Å². The standard InChI is InChI=1S/C29H27NO8/c1-16-24(37-26-14-20(31)15-36-26)9-7-18-13-23(29(33)38-27(16)18)30-28(32)19-8-10-25(35-3)22(12-19)17-5-4-6-21(11-17)34-2/h4-13,20,26,31H,14-15H2,1-3H3,(H,30,32)/t20-,26-/m0/s1. The van der Waals surface area contributed by atoms with Crippen molar-refractivity contribution in [2.75, 3.05) is 26.1 Å². The molecule has 2 N–H and O–H groups in total. The van der Waals surface area contributed by atoms with Crippen LogP contribution in [-0.4, -0.2) is 44.2 Å². The summed E-state index contributed by atoms with van der Waals surface area (Å²) in [5.41, 5.74) is 2.12. The van der Waals surface area contributed by atoms with E-state index in [4.69, 9.17) is 23.4 Å². The summed E-state index contributed by atoms with van der Waals surface area (Å²) in [5, 5.41) is 12.9. The minimum atomic E-state index is -0.694. The first-order valence-electron chi connectivity index (χ1n) is 12.0. The van der Waals surface area contributed by atoms with E-state index in [-0.39, 0.29) is 12.3 Å². The second kappa shape index (κ2) is 10.6. The first-order valence-corrected chi connectivity index (χ1v) is 12.0. The molecule has 5 rings (SSSR count). The predicted molar refractivity (Wildman–Crippen MR) is 141 cm³/mol. The van der Waals surface area contributed by atoms with Gasteiger partial charge in [-0.2, -0.15) is 0 Å². The lowest BCUT2D eigenvalue weighted by atomic mass is 10.0. The maximum Gasteiger partial charge on any atom is 0.360 e. The quantitative estimate of drug-likeness (QED) is 0.344. The minimum Gasteiger partial charge on any atom is -0.497 e. The summed E-state index contributed by atoms with van der Waals surface area (Å²) in [7, 11) is 3.14. The molecule has 3 aromatic carbocycles. The monoisotopic (exact) mass is 517 g/mol. The van der Waals surface area contributed by atoms with Gasteiger partial charge in [0.1, 0.15) is 28.5 Å². The molecule has 38 heavy (non-hydrogen) atoms. The van der Waals surface area contributed by atoms with Crippen LogP contribution in [0.3, 0.4) is 0 Å². The first-order chi connectivity index (χ1) is 18.4. The highest BCUT2D eigenvalue weighted by Crippen LogP contribution is 2.34. The van der Waals surface area contributed by atoms with Gasteiger partial charge in [0.2, 0.25) is 6.29 Å². The lowest BCUT2D eigenvalue weighted by Gasteiger charge is -2.15. The fourth-order valence-corrected chi connectivity index (χ4v) is 4.38. The molecule has 9 nitrogen and oxygen atoms in total. The van der Waals surface area contributed by atoms with Crippen LogP contribution in [0.5, 0.6) is 17.2 Å². The molecule has 0 radical (unpaired) electrons. The summed E-state index contributed by atoms with van der Waals surface area (Å²) in [4.78, 5) is 25.9. The molecule has 2 heterocycles. The van der Waals surface area contributed by atoms with Crippen molar-refractivity contribution in [3.05, 3.63) is 82.2 Å². The van der Waals surface area contributed by atoms with Gasteiger partial charge in [0.05, 0.1) is 26.9 Å². The van der Waals surface area contributed by atoms with Gasteiger partial charge in [-0.3, -0.25) is 4.79 Å². The van der Waals surface area contributed by atoms with E-state index in [0.717, 1.165) is 5.56 Å². The SMILES string of the molecule is COc1cccc(-c2cc(C(=O)Nc3cc4ccc(O[C@H]5C[C@H](O)CO5)c(C)c4oc3=O)ccc2OC)c1. The number of aliphatic hydroxyl groups excluding tert-OH is 1. The number of anilines is 1. The van der Waals surface area contributed by atoms with Crippen molar-refractivity contribution in [2.24, 2.45) is 0 Å². The average molecular weight is 518 g/mol. The average Bonchev–Trinajstić information content (AvgIpc) is 3.35. The van der Waals surface area contributed by atoms with E-state index in [1.165, 1.54) is 0 Å². The molecule has 1 amide bonds. The Morgan fingerprint density at radius 1 is 1.03 bits per heavy atom. The zero-order valence-electron chi connectivity index (χ0n) is 21.1. The van der Waals surface area contributed by atoms with E-state index in [9.17, 15) is 14.7 Å². The van der Waals surface area contributed by atoms with Crippen LogP contribution >= 0.6 is 0 Å². The van der Waals surface area contributed by atoms with Gasteiger partial charge >= 0.3 is 5.63 Å². The van der Waals surface area contributed by atoms with Crippen molar-refractivity contribution in [3.8, 4) is 28.4 Å². The largest absolute Gasteiger partial charge is 0.497 e. The molecule has 0 spiro atoms. The smallest absolute Gasteiger partial charge is 0.360 e. The highest BCUT2D eigenvalue weighted by atomic mass is 16.7. The van der Waals surface area contributed by atoms with Crippen molar-refractivity contribution < 1.29 is 33.3 Å². The zero-order valence-corrected chi connectivity index (χ0v) is 21.1. The summed E-state index contributed by atoms with van der Waals surface area (Å²) in [6.45, 7) is 1.98. The summed E-state index contributed by atoms with van der Waals surface area (Å²) in [6.07, 6.45) is -0.781. The zero-order chi connectivity index (χ0) is 26.8. The van der Waals surface area contributed by atoms with Gasteiger partial charge in [-0.05, 0) is 61.0 Å². The normalized spacial score (nSPS) is 16.8. The van der Waals surface area contributed by atoms with Crippen LogP contribution in [0.4, 0.5) is 5.69 Å². The molecule has 1 aliphatic rings. The van der Waals surface area contributed by atoms with Crippen molar-refractivity contribution >= 4 is 22.6 Å². The van der Waals surface area contributed by atoms with Crippen molar-refractivity contribution in [1.29, 1.82) is 0 Å². The van der Waals surface area contributed by atoms with E-state index in [1.807, 2.05) is 24.3 Å². The highest BCUT2D eigenvalue weighted by Gasteiger charge is 2.26. The maximum atomic E-state index is 13.1. The van der Waals surface area contributed by atoms with Gasteiger partial charge < -0.3 is 33.8 Å². The predicted octanol–water partition coefficient (Wildman–Crippen LogP) is 4.52. The molecule has 1 saturated heterocycles. The van der Waals surface area contributed by atoms with Gasteiger partial charge in [-0.25, -0.2) is 4.79 Å². The fourth-order valence-electron chi connectivity index (χ4n) is 4.38. The summed E-state index contributed by atoms with van der Waals surface area (Å²) in [6, 6.07) is 17.5. The third kappa shape index (κ3) is 5.06. The number of aliphatic hydroxyl groups is 1. The van der Waals surface area contributed by atoms with Crippen LogP contribution in [-0.2, 0) is 4.74 Å². The van der Waals surface area contributed by atoms with E-state index < -0.39 is 23.9 Å². The number of benzene rings is 3. The molecule has 196 valence electrons. The van der Waals surface area contributed by atoms with Crippen LogP contribution in [0.25, 0.3) is 22.1 Å². The number of hydrogen-bond donors (Lipinski definition) is 2. The van der Waals surface area contributed by atoms with Gasteiger partial charge in [-0.15, -0.1) is 0 Å². The van der Waals surface area contributed by atoms with E-state index >= 15 is 0 Å². The molecular weight excluding hydrogens is 490 g/mol. The molecule has 0 unspecified atom stereocenters. The Morgan fingerprint density at radius 3 is 2.58 bits per heavy atom. The number of ether oxygens (including phenoxy) is 4. The molecule has 1 aromatic heterocycles. The lowest BCUT2D eigenvalue weighted by Crippen LogP contribution is -2.18. The summed E-state index contributed by atoms with van der Waals surface area (Å²) >= 11 is 0. The Kier molecular flexibility index (Phi) is 7.04. The van der Waals surface area contributed by atoms with Crippen molar-refractivity contribution in [2.45, 2.75) is 25.7 Å². The number of methoxy groups -OCH3 is 2. The van der Waals surface area contributed by atoms with Crippen molar-refractivity contribution in [1.82, 2.24) is 0 Å². The third-order valence-electron chi connectivity index (χ3n) is 6.39. The Hall–Kier alpha value is -4.34. The molecule has 1 aliphatic heterocycles. The number of amides is 1. The molecule has 2 atom stereocenters. The van der Waals surface area contributed by atoms with Gasteiger partial charge in [0, 0.05) is 28.5 Å². The first kappa shape index (κ1) is 25.3. The fraction of sp³-hybridized carbons (Fsp3) is 0.241. The number of aryl methyl sites for hydroxylation is 1. The van der Waals surface area contributed by atoms with E-state index in [0.29, 0.717) is 51.3 Å². The maximum absolute atomic E-state index is 13.1. The molecule has 4 aromatic rings. The van der Waals surface area contributed by atoms with Crippen LogP contribution in [0.1, 0.15) is 22.3 Å².